The van der Waals surface area contributed by atoms with Gasteiger partial charge in [0.2, 0.25) is 5.75 Å². The van der Waals surface area contributed by atoms with Crippen LogP contribution >= 0.6 is 11.6 Å². The fraction of sp³-hybridized carbons (Fsp3) is 0.333. The standard InChI is InChI=1S/C12H15ClO3/c1-8(13)5-9-6-10(14-2)12(16-4)11(7-9)15-3/h6-7H,1,5H2,2-4H3. The van der Waals surface area contributed by atoms with Crippen molar-refractivity contribution in [2.45, 2.75) is 6.42 Å². The van der Waals surface area contributed by atoms with Crippen LogP contribution in [0, 0.1) is 0 Å². The largest absolute Gasteiger partial charge is 0.493 e. The molecule has 0 atom stereocenters. The van der Waals surface area contributed by atoms with Gasteiger partial charge in [-0.15, -0.1) is 0 Å². The number of benzene rings is 1. The van der Waals surface area contributed by atoms with E-state index in [9.17, 15) is 0 Å². The highest BCUT2D eigenvalue weighted by atomic mass is 35.5. The highest BCUT2D eigenvalue weighted by Gasteiger charge is 2.13. The fourth-order valence-electron chi connectivity index (χ4n) is 1.46. The van der Waals surface area contributed by atoms with Gasteiger partial charge in [0.15, 0.2) is 11.5 Å². The Morgan fingerprint density at radius 3 is 1.94 bits per heavy atom. The van der Waals surface area contributed by atoms with Gasteiger partial charge in [0.25, 0.3) is 0 Å². The molecular formula is C12H15ClO3. The Bertz CT molecular complexity index is 363. The molecule has 0 aliphatic rings. The van der Waals surface area contributed by atoms with E-state index < -0.39 is 0 Å². The first kappa shape index (κ1) is 12.7. The van der Waals surface area contributed by atoms with E-state index >= 15 is 0 Å². The number of hydrogen-bond donors (Lipinski definition) is 0. The lowest BCUT2D eigenvalue weighted by Crippen LogP contribution is -1.97. The molecule has 0 aliphatic heterocycles. The number of halogens is 1. The van der Waals surface area contributed by atoms with Crippen LogP contribution in [0.15, 0.2) is 23.7 Å². The van der Waals surface area contributed by atoms with Crippen molar-refractivity contribution < 1.29 is 14.2 Å². The van der Waals surface area contributed by atoms with Crippen LogP contribution in [0.1, 0.15) is 5.56 Å². The van der Waals surface area contributed by atoms with Gasteiger partial charge in [-0.05, 0) is 17.7 Å². The van der Waals surface area contributed by atoms with Crippen LogP contribution in [0.25, 0.3) is 0 Å². The SMILES string of the molecule is C=C(Cl)Cc1cc(OC)c(OC)c(OC)c1. The van der Waals surface area contributed by atoms with Gasteiger partial charge in [-0.25, -0.2) is 0 Å². The van der Waals surface area contributed by atoms with Gasteiger partial charge in [0, 0.05) is 11.5 Å². The van der Waals surface area contributed by atoms with Gasteiger partial charge >= 0.3 is 0 Å². The van der Waals surface area contributed by atoms with Gasteiger partial charge in [0.1, 0.15) is 0 Å². The predicted molar refractivity (Wildman–Crippen MR) is 64.8 cm³/mol. The Kier molecular flexibility index (Phi) is 4.50. The molecule has 0 saturated heterocycles. The smallest absolute Gasteiger partial charge is 0.203 e. The summed E-state index contributed by atoms with van der Waals surface area (Å²) in [5.74, 6) is 1.82. The molecule has 1 aromatic carbocycles. The number of ether oxygens (including phenoxy) is 3. The van der Waals surface area contributed by atoms with E-state index in [0.29, 0.717) is 28.7 Å². The van der Waals surface area contributed by atoms with E-state index in [-0.39, 0.29) is 0 Å². The molecule has 0 N–H and O–H groups in total. The minimum atomic E-state index is 0.564. The summed E-state index contributed by atoms with van der Waals surface area (Å²) >= 11 is 5.77. The van der Waals surface area contributed by atoms with Crippen molar-refractivity contribution >= 4 is 11.6 Å². The minimum absolute atomic E-state index is 0.564. The van der Waals surface area contributed by atoms with Crippen LogP contribution in [0.3, 0.4) is 0 Å². The van der Waals surface area contributed by atoms with E-state index in [0.717, 1.165) is 5.56 Å². The minimum Gasteiger partial charge on any atom is -0.493 e. The lowest BCUT2D eigenvalue weighted by molar-refractivity contribution is 0.324. The predicted octanol–water partition coefficient (Wildman–Crippen LogP) is 3.01. The summed E-state index contributed by atoms with van der Waals surface area (Å²) in [6.45, 7) is 3.66. The maximum Gasteiger partial charge on any atom is 0.203 e. The molecule has 88 valence electrons. The van der Waals surface area contributed by atoms with Crippen molar-refractivity contribution in [2.24, 2.45) is 0 Å². The van der Waals surface area contributed by atoms with Crippen molar-refractivity contribution in [2.75, 3.05) is 21.3 Å². The Morgan fingerprint density at radius 2 is 1.62 bits per heavy atom. The van der Waals surface area contributed by atoms with Gasteiger partial charge in [0.05, 0.1) is 21.3 Å². The molecule has 0 bridgehead atoms. The zero-order valence-corrected chi connectivity index (χ0v) is 10.4. The second kappa shape index (κ2) is 5.66. The molecule has 0 unspecified atom stereocenters. The second-order valence-corrected chi connectivity index (χ2v) is 3.76. The normalized spacial score (nSPS) is 9.75. The van der Waals surface area contributed by atoms with Crippen molar-refractivity contribution in [1.82, 2.24) is 0 Å². The highest BCUT2D eigenvalue weighted by Crippen LogP contribution is 2.38. The molecule has 0 aromatic heterocycles. The van der Waals surface area contributed by atoms with Crippen molar-refractivity contribution in [3.8, 4) is 17.2 Å². The van der Waals surface area contributed by atoms with E-state index in [4.69, 9.17) is 25.8 Å². The third-order valence-electron chi connectivity index (χ3n) is 2.12. The van der Waals surface area contributed by atoms with Crippen LogP contribution in [0.5, 0.6) is 17.2 Å². The van der Waals surface area contributed by atoms with Gasteiger partial charge in [-0.1, -0.05) is 18.2 Å². The van der Waals surface area contributed by atoms with Gasteiger partial charge in [-0.2, -0.15) is 0 Å². The lowest BCUT2D eigenvalue weighted by Gasteiger charge is -2.13. The molecule has 4 heteroatoms. The Balaban J connectivity index is 3.20. The first-order valence-electron chi connectivity index (χ1n) is 4.74. The van der Waals surface area contributed by atoms with Crippen LogP contribution in [0.4, 0.5) is 0 Å². The highest BCUT2D eigenvalue weighted by molar-refractivity contribution is 6.29. The fourth-order valence-corrected chi connectivity index (χ4v) is 1.61. The third kappa shape index (κ3) is 2.83. The van der Waals surface area contributed by atoms with Crippen molar-refractivity contribution in [3.63, 3.8) is 0 Å². The van der Waals surface area contributed by atoms with E-state index in [2.05, 4.69) is 6.58 Å². The van der Waals surface area contributed by atoms with E-state index in [1.807, 2.05) is 12.1 Å². The van der Waals surface area contributed by atoms with Crippen LogP contribution < -0.4 is 14.2 Å². The first-order chi connectivity index (χ1) is 7.62. The third-order valence-corrected chi connectivity index (χ3v) is 2.25. The van der Waals surface area contributed by atoms with Crippen LogP contribution in [0.2, 0.25) is 0 Å². The van der Waals surface area contributed by atoms with Crippen LogP contribution in [-0.4, -0.2) is 21.3 Å². The maximum atomic E-state index is 5.77. The number of allylic oxidation sites excluding steroid dienone is 1. The maximum absolute atomic E-state index is 5.77. The molecule has 16 heavy (non-hydrogen) atoms. The molecule has 0 aliphatic carbocycles. The van der Waals surface area contributed by atoms with E-state index in [1.54, 1.807) is 21.3 Å². The molecule has 0 radical (unpaired) electrons. The molecule has 0 heterocycles. The summed E-state index contributed by atoms with van der Waals surface area (Å²) in [6.07, 6.45) is 0.568. The Labute approximate surface area is 101 Å². The monoisotopic (exact) mass is 242 g/mol. The summed E-state index contributed by atoms with van der Waals surface area (Å²) in [7, 11) is 4.73. The molecule has 1 rings (SSSR count). The average molecular weight is 243 g/mol. The second-order valence-electron chi connectivity index (χ2n) is 3.23. The summed E-state index contributed by atoms with van der Waals surface area (Å²) in [5, 5.41) is 0.564. The first-order valence-corrected chi connectivity index (χ1v) is 5.12. The summed E-state index contributed by atoms with van der Waals surface area (Å²) in [6, 6.07) is 3.71. The lowest BCUT2D eigenvalue weighted by atomic mass is 10.1. The molecule has 1 aromatic rings. The Hall–Kier alpha value is -1.35. The number of rotatable bonds is 5. The van der Waals surface area contributed by atoms with Crippen molar-refractivity contribution in [3.05, 3.63) is 29.3 Å². The molecular weight excluding hydrogens is 228 g/mol. The Morgan fingerprint density at radius 1 is 1.12 bits per heavy atom. The van der Waals surface area contributed by atoms with Gasteiger partial charge < -0.3 is 14.2 Å². The number of methoxy groups -OCH3 is 3. The summed E-state index contributed by atoms with van der Waals surface area (Å²) < 4.78 is 15.7. The topological polar surface area (TPSA) is 27.7 Å². The zero-order chi connectivity index (χ0) is 12.1. The molecule has 0 spiro atoms. The molecule has 0 amide bonds. The average Bonchev–Trinajstić information content (AvgIpc) is 2.26. The molecule has 3 nitrogen and oxygen atoms in total. The molecule has 0 saturated carbocycles. The summed E-state index contributed by atoms with van der Waals surface area (Å²) in [5.41, 5.74) is 0.967. The zero-order valence-electron chi connectivity index (χ0n) is 9.67. The number of hydrogen-bond acceptors (Lipinski definition) is 3. The van der Waals surface area contributed by atoms with Crippen LogP contribution in [-0.2, 0) is 6.42 Å². The summed E-state index contributed by atoms with van der Waals surface area (Å²) in [4.78, 5) is 0. The van der Waals surface area contributed by atoms with Crippen molar-refractivity contribution in [1.29, 1.82) is 0 Å². The quantitative estimate of drug-likeness (QED) is 0.795. The van der Waals surface area contributed by atoms with Gasteiger partial charge in [-0.3, -0.25) is 0 Å². The molecule has 0 fully saturated rings. The van der Waals surface area contributed by atoms with E-state index in [1.165, 1.54) is 0 Å².